The molecule has 0 aliphatic rings. The van der Waals surface area contributed by atoms with Crippen LogP contribution in [0, 0.1) is 0 Å². The molecule has 106 valence electrons. The molecule has 1 unspecified atom stereocenters. The van der Waals surface area contributed by atoms with Crippen LogP contribution in [0.25, 0.3) is 0 Å². The maximum absolute atomic E-state index is 5.78. The smallest absolute Gasteiger partial charge is 0.119 e. The minimum absolute atomic E-state index is 0.252. The lowest BCUT2D eigenvalue weighted by Crippen LogP contribution is -2.15. The van der Waals surface area contributed by atoms with Crippen LogP contribution < -0.4 is 10.5 Å². The summed E-state index contributed by atoms with van der Waals surface area (Å²) in [6.45, 7) is 2.62. The highest BCUT2D eigenvalue weighted by atomic mass is 79.9. The maximum atomic E-state index is 5.78. The van der Waals surface area contributed by atoms with E-state index in [2.05, 4.69) is 40.2 Å². The van der Waals surface area contributed by atoms with Gasteiger partial charge in [0, 0.05) is 10.5 Å². The Hall–Kier alpha value is -1.32. The van der Waals surface area contributed by atoms with Crippen molar-refractivity contribution in [1.82, 2.24) is 0 Å². The molecule has 0 aliphatic carbocycles. The van der Waals surface area contributed by atoms with Crippen LogP contribution in [-0.2, 0) is 13.0 Å². The molecule has 0 radical (unpaired) electrons. The lowest BCUT2D eigenvalue weighted by molar-refractivity contribution is 0.306. The molecule has 2 rings (SSSR count). The van der Waals surface area contributed by atoms with Gasteiger partial charge in [0.05, 0.1) is 0 Å². The van der Waals surface area contributed by atoms with Crippen LogP contribution in [0.3, 0.4) is 0 Å². The van der Waals surface area contributed by atoms with Gasteiger partial charge in [0.2, 0.25) is 0 Å². The van der Waals surface area contributed by atoms with Crippen LogP contribution in [-0.4, -0.2) is 6.04 Å². The summed E-state index contributed by atoms with van der Waals surface area (Å²) in [5.74, 6) is 0.898. The van der Waals surface area contributed by atoms with E-state index >= 15 is 0 Å². The molecular formula is C17H20BrNO. The van der Waals surface area contributed by atoms with Crippen molar-refractivity contribution in [3.05, 3.63) is 64.1 Å². The third kappa shape index (κ3) is 4.99. The quantitative estimate of drug-likeness (QED) is 0.854. The van der Waals surface area contributed by atoms with Crippen LogP contribution >= 0.6 is 15.9 Å². The number of halogens is 1. The third-order valence-corrected chi connectivity index (χ3v) is 3.60. The molecule has 0 aromatic heterocycles. The van der Waals surface area contributed by atoms with Gasteiger partial charge in [-0.3, -0.25) is 0 Å². The first-order chi connectivity index (χ1) is 9.63. The van der Waals surface area contributed by atoms with Crippen molar-refractivity contribution in [2.75, 3.05) is 0 Å². The summed E-state index contributed by atoms with van der Waals surface area (Å²) in [5, 5.41) is 0. The van der Waals surface area contributed by atoms with E-state index in [0.717, 1.165) is 28.6 Å². The molecule has 2 aromatic rings. The fourth-order valence-corrected chi connectivity index (χ4v) is 2.39. The second-order valence-electron chi connectivity index (χ2n) is 5.08. The second-order valence-corrected chi connectivity index (χ2v) is 5.99. The first-order valence-corrected chi connectivity index (χ1v) is 7.64. The van der Waals surface area contributed by atoms with E-state index in [1.807, 2.05) is 31.2 Å². The average molecular weight is 334 g/mol. The zero-order valence-corrected chi connectivity index (χ0v) is 13.3. The Balaban J connectivity index is 1.87. The lowest BCUT2D eigenvalue weighted by Gasteiger charge is -2.08. The Labute approximate surface area is 129 Å². The fourth-order valence-electron chi connectivity index (χ4n) is 1.94. The molecule has 0 heterocycles. The predicted octanol–water partition coefficient (Wildman–Crippen LogP) is 4.31. The Morgan fingerprint density at radius 3 is 2.50 bits per heavy atom. The lowest BCUT2D eigenvalue weighted by atomic mass is 10.1. The van der Waals surface area contributed by atoms with Crippen LogP contribution in [0.15, 0.2) is 53.0 Å². The Kier molecular flexibility index (Phi) is 5.62. The molecule has 0 amide bonds. The van der Waals surface area contributed by atoms with Gasteiger partial charge >= 0.3 is 0 Å². The number of nitrogens with two attached hydrogens (primary N) is 1. The molecule has 0 fully saturated rings. The fraction of sp³-hybridized carbons (Fsp3) is 0.294. The molecule has 1 atom stereocenters. The summed E-state index contributed by atoms with van der Waals surface area (Å²) >= 11 is 3.46. The highest BCUT2D eigenvalue weighted by Crippen LogP contribution is 2.17. The Morgan fingerprint density at radius 1 is 1.10 bits per heavy atom. The van der Waals surface area contributed by atoms with Gasteiger partial charge in [-0.2, -0.15) is 0 Å². The number of ether oxygens (including phenoxy) is 1. The zero-order chi connectivity index (χ0) is 14.4. The van der Waals surface area contributed by atoms with E-state index in [4.69, 9.17) is 10.5 Å². The van der Waals surface area contributed by atoms with Crippen LogP contribution in [0.4, 0.5) is 0 Å². The van der Waals surface area contributed by atoms with Gasteiger partial charge in [-0.25, -0.2) is 0 Å². The van der Waals surface area contributed by atoms with E-state index in [1.54, 1.807) is 0 Å². The van der Waals surface area contributed by atoms with Gasteiger partial charge in [0.15, 0.2) is 0 Å². The molecule has 2 nitrogen and oxygen atoms in total. The Bertz CT molecular complexity index is 537. The SMILES string of the molecule is CC(N)CCc1ccc(OCc2cccc(Br)c2)cc1. The average Bonchev–Trinajstić information content (AvgIpc) is 2.44. The van der Waals surface area contributed by atoms with Crippen molar-refractivity contribution in [2.45, 2.75) is 32.4 Å². The summed E-state index contributed by atoms with van der Waals surface area (Å²) < 4.78 is 6.86. The number of hydrogen-bond donors (Lipinski definition) is 1. The Morgan fingerprint density at radius 2 is 1.85 bits per heavy atom. The second kappa shape index (κ2) is 7.46. The van der Waals surface area contributed by atoms with E-state index in [0.29, 0.717) is 6.61 Å². The first-order valence-electron chi connectivity index (χ1n) is 6.85. The van der Waals surface area contributed by atoms with Crippen molar-refractivity contribution >= 4 is 15.9 Å². The molecule has 0 saturated carbocycles. The van der Waals surface area contributed by atoms with Gasteiger partial charge in [-0.15, -0.1) is 0 Å². The van der Waals surface area contributed by atoms with E-state index < -0.39 is 0 Å². The molecule has 0 aliphatic heterocycles. The molecule has 0 bridgehead atoms. The van der Waals surface area contributed by atoms with Gasteiger partial charge in [-0.05, 0) is 55.2 Å². The van der Waals surface area contributed by atoms with Crippen LogP contribution in [0.1, 0.15) is 24.5 Å². The molecule has 3 heteroatoms. The third-order valence-electron chi connectivity index (χ3n) is 3.11. The number of rotatable bonds is 6. The van der Waals surface area contributed by atoms with Crippen molar-refractivity contribution in [1.29, 1.82) is 0 Å². The molecular weight excluding hydrogens is 314 g/mol. The number of hydrogen-bond acceptors (Lipinski definition) is 2. The minimum Gasteiger partial charge on any atom is -0.489 e. The molecule has 2 N–H and O–H groups in total. The van der Waals surface area contributed by atoms with Gasteiger partial charge < -0.3 is 10.5 Å². The summed E-state index contributed by atoms with van der Waals surface area (Å²) in [7, 11) is 0. The van der Waals surface area contributed by atoms with Crippen molar-refractivity contribution in [2.24, 2.45) is 5.73 Å². The summed E-state index contributed by atoms with van der Waals surface area (Å²) in [5.41, 5.74) is 8.22. The van der Waals surface area contributed by atoms with Crippen molar-refractivity contribution in [3.8, 4) is 5.75 Å². The maximum Gasteiger partial charge on any atom is 0.119 e. The van der Waals surface area contributed by atoms with Crippen molar-refractivity contribution < 1.29 is 4.74 Å². The summed E-state index contributed by atoms with van der Waals surface area (Å²) in [4.78, 5) is 0. The molecule has 2 aromatic carbocycles. The zero-order valence-electron chi connectivity index (χ0n) is 11.7. The monoisotopic (exact) mass is 333 g/mol. The minimum atomic E-state index is 0.252. The largest absolute Gasteiger partial charge is 0.489 e. The van der Waals surface area contributed by atoms with Gasteiger partial charge in [0.25, 0.3) is 0 Å². The van der Waals surface area contributed by atoms with E-state index in [1.165, 1.54) is 5.56 Å². The normalized spacial score (nSPS) is 12.2. The first kappa shape index (κ1) is 15.1. The molecule has 0 spiro atoms. The van der Waals surface area contributed by atoms with E-state index in [9.17, 15) is 0 Å². The topological polar surface area (TPSA) is 35.2 Å². The number of aryl methyl sites for hydroxylation is 1. The summed E-state index contributed by atoms with van der Waals surface area (Å²) in [6, 6.07) is 16.7. The summed E-state index contributed by atoms with van der Waals surface area (Å²) in [6.07, 6.45) is 2.03. The van der Waals surface area contributed by atoms with Crippen LogP contribution in [0.5, 0.6) is 5.75 Å². The van der Waals surface area contributed by atoms with Gasteiger partial charge in [-0.1, -0.05) is 40.2 Å². The molecule has 0 saturated heterocycles. The number of benzene rings is 2. The van der Waals surface area contributed by atoms with E-state index in [-0.39, 0.29) is 6.04 Å². The predicted molar refractivity (Wildman–Crippen MR) is 86.9 cm³/mol. The van der Waals surface area contributed by atoms with Crippen molar-refractivity contribution in [3.63, 3.8) is 0 Å². The highest BCUT2D eigenvalue weighted by molar-refractivity contribution is 9.10. The van der Waals surface area contributed by atoms with Crippen LogP contribution in [0.2, 0.25) is 0 Å². The molecule has 20 heavy (non-hydrogen) atoms. The highest BCUT2D eigenvalue weighted by Gasteiger charge is 2.00. The standard InChI is InChI=1S/C17H20BrNO/c1-13(19)5-6-14-7-9-17(10-8-14)20-12-15-3-2-4-16(18)11-15/h2-4,7-11,13H,5-6,12,19H2,1H3. The van der Waals surface area contributed by atoms with Gasteiger partial charge in [0.1, 0.15) is 12.4 Å².